The molecule has 2 aromatic rings. The van der Waals surface area contributed by atoms with Gasteiger partial charge < -0.3 is 10.6 Å². The van der Waals surface area contributed by atoms with Crippen LogP contribution >= 0.6 is 11.6 Å². The molecule has 4 nitrogen and oxygen atoms in total. The third-order valence-electron chi connectivity index (χ3n) is 5.25. The molecule has 1 atom stereocenters. The lowest BCUT2D eigenvalue weighted by atomic mass is 9.93. The van der Waals surface area contributed by atoms with Crippen molar-refractivity contribution in [1.82, 2.24) is 10.6 Å². The zero-order valence-corrected chi connectivity index (χ0v) is 20.0. The summed E-state index contributed by atoms with van der Waals surface area (Å²) in [7, 11) is 0. The number of aryl methyl sites for hydroxylation is 1. The molecule has 0 heterocycles. The van der Waals surface area contributed by atoms with E-state index in [1.54, 1.807) is 19.2 Å². The molecule has 2 rings (SSSR count). The summed E-state index contributed by atoms with van der Waals surface area (Å²) < 4.78 is 77.9. The predicted octanol–water partition coefficient (Wildman–Crippen LogP) is 6.37. The third-order valence-corrected chi connectivity index (χ3v) is 5.65. The van der Waals surface area contributed by atoms with Gasteiger partial charge in [-0.15, -0.1) is 0 Å². The smallest absolute Gasteiger partial charge is 0.345 e. The van der Waals surface area contributed by atoms with Crippen LogP contribution in [0.5, 0.6) is 0 Å². The highest BCUT2D eigenvalue weighted by Crippen LogP contribution is 2.38. The molecule has 0 aromatic heterocycles. The van der Waals surface area contributed by atoms with Crippen molar-refractivity contribution in [3.8, 4) is 0 Å². The summed E-state index contributed by atoms with van der Waals surface area (Å²) in [6.07, 6.45) is -5.65. The Morgan fingerprint density at radius 3 is 2.28 bits per heavy atom. The molecule has 2 N–H and O–H groups in total. The van der Waals surface area contributed by atoms with Gasteiger partial charge >= 0.3 is 12.4 Å². The molecule has 0 bridgehead atoms. The lowest BCUT2D eigenvalue weighted by molar-refractivity contribution is -0.139. The molecular formula is C25H23ClF6N2O2. The minimum absolute atomic E-state index is 0.0180. The van der Waals surface area contributed by atoms with Crippen LogP contribution in [0, 0.1) is 13.8 Å². The van der Waals surface area contributed by atoms with Crippen molar-refractivity contribution < 1.29 is 35.9 Å². The van der Waals surface area contributed by atoms with E-state index in [9.17, 15) is 35.9 Å². The molecule has 2 amide bonds. The number of benzene rings is 2. The van der Waals surface area contributed by atoms with E-state index in [-0.39, 0.29) is 21.7 Å². The molecule has 11 heteroatoms. The minimum atomic E-state index is -4.59. The zero-order valence-electron chi connectivity index (χ0n) is 19.3. The highest BCUT2D eigenvalue weighted by Gasteiger charge is 2.39. The van der Waals surface area contributed by atoms with Crippen LogP contribution in [-0.2, 0) is 4.79 Å². The Balaban J connectivity index is 2.21. The maximum Gasteiger partial charge on any atom is 0.405 e. The average Bonchev–Trinajstić information content (AvgIpc) is 2.78. The summed E-state index contributed by atoms with van der Waals surface area (Å²) >= 11 is 6.08. The Bertz CT molecular complexity index is 1150. The summed E-state index contributed by atoms with van der Waals surface area (Å²) in [4.78, 5) is 23.9. The fourth-order valence-electron chi connectivity index (χ4n) is 3.22. The van der Waals surface area contributed by atoms with Gasteiger partial charge in [-0.3, -0.25) is 9.59 Å². The van der Waals surface area contributed by atoms with E-state index in [0.717, 1.165) is 6.08 Å². The number of carbonyl (C=O) groups is 2. The number of hydrogen-bond acceptors (Lipinski definition) is 2. The molecule has 1 unspecified atom stereocenters. The average molecular weight is 533 g/mol. The fraction of sp³-hybridized carbons (Fsp3) is 0.280. The van der Waals surface area contributed by atoms with Crippen molar-refractivity contribution in [2.75, 3.05) is 13.1 Å². The first-order chi connectivity index (χ1) is 16.6. The zero-order chi connectivity index (χ0) is 27.3. The molecule has 0 aliphatic rings. The second kappa shape index (κ2) is 11.6. The predicted molar refractivity (Wildman–Crippen MR) is 127 cm³/mol. The van der Waals surface area contributed by atoms with E-state index >= 15 is 0 Å². The molecule has 194 valence electrons. The molecule has 0 aliphatic heterocycles. The van der Waals surface area contributed by atoms with E-state index in [1.807, 2.05) is 0 Å². The molecule has 0 saturated heterocycles. The summed E-state index contributed by atoms with van der Waals surface area (Å²) in [5.74, 6) is -3.73. The molecular weight excluding hydrogens is 510 g/mol. The van der Waals surface area contributed by atoms with Crippen LogP contribution < -0.4 is 10.6 Å². The summed E-state index contributed by atoms with van der Waals surface area (Å²) in [6.45, 7) is 4.72. The van der Waals surface area contributed by atoms with Gasteiger partial charge in [0.15, 0.2) is 0 Å². The van der Waals surface area contributed by atoms with Crippen LogP contribution in [0.4, 0.5) is 26.3 Å². The van der Waals surface area contributed by atoms with E-state index in [1.165, 1.54) is 42.5 Å². The monoisotopic (exact) mass is 532 g/mol. The van der Waals surface area contributed by atoms with Crippen LogP contribution in [0.1, 0.15) is 44.1 Å². The lowest BCUT2D eigenvalue weighted by Gasteiger charge is -2.19. The van der Waals surface area contributed by atoms with Crippen molar-refractivity contribution in [2.45, 2.75) is 32.1 Å². The quantitative estimate of drug-likeness (QED) is 0.388. The van der Waals surface area contributed by atoms with Crippen molar-refractivity contribution in [1.29, 1.82) is 0 Å². The highest BCUT2D eigenvalue weighted by atomic mass is 35.5. The van der Waals surface area contributed by atoms with Gasteiger partial charge in [0, 0.05) is 10.6 Å². The summed E-state index contributed by atoms with van der Waals surface area (Å²) in [6, 6.07) is 6.83. The second-order valence-electron chi connectivity index (χ2n) is 7.95. The van der Waals surface area contributed by atoms with Crippen LogP contribution in [0.15, 0.2) is 43.0 Å². The Hall–Kier alpha value is -3.27. The molecule has 2 aromatic carbocycles. The first-order valence-electron chi connectivity index (χ1n) is 10.5. The van der Waals surface area contributed by atoms with Crippen LogP contribution in [-0.4, -0.2) is 37.3 Å². The number of hydrogen-bond donors (Lipinski definition) is 2. The molecule has 0 aliphatic carbocycles. The Morgan fingerprint density at radius 1 is 1.06 bits per heavy atom. The fourth-order valence-corrected chi connectivity index (χ4v) is 3.49. The van der Waals surface area contributed by atoms with Crippen molar-refractivity contribution in [2.24, 2.45) is 0 Å². The van der Waals surface area contributed by atoms with Crippen molar-refractivity contribution in [3.63, 3.8) is 0 Å². The minimum Gasteiger partial charge on any atom is -0.345 e. The third kappa shape index (κ3) is 8.15. The van der Waals surface area contributed by atoms with E-state index < -0.39 is 43.2 Å². The molecule has 0 spiro atoms. The maximum atomic E-state index is 13.8. The van der Waals surface area contributed by atoms with Gasteiger partial charge in [-0.2, -0.15) is 26.3 Å². The van der Waals surface area contributed by atoms with Crippen LogP contribution in [0.25, 0.3) is 12.2 Å². The topological polar surface area (TPSA) is 58.2 Å². The first kappa shape index (κ1) is 29.0. The molecule has 0 fully saturated rings. The van der Waals surface area contributed by atoms with Gasteiger partial charge in [-0.05, 0) is 59.9 Å². The van der Waals surface area contributed by atoms with Crippen molar-refractivity contribution in [3.05, 3.63) is 81.4 Å². The Kier molecular flexibility index (Phi) is 9.37. The summed E-state index contributed by atoms with van der Waals surface area (Å²) in [5, 5.41) is 4.04. The number of carbonyl (C=O) groups excluding carboxylic acids is 2. The lowest BCUT2D eigenvalue weighted by Crippen LogP contribution is -2.41. The number of allylic oxidation sites excluding steroid dienone is 1. The van der Waals surface area contributed by atoms with Gasteiger partial charge in [-0.25, -0.2) is 0 Å². The Morgan fingerprint density at radius 2 is 1.72 bits per heavy atom. The largest absolute Gasteiger partial charge is 0.405 e. The van der Waals surface area contributed by atoms with Crippen molar-refractivity contribution >= 4 is 35.6 Å². The summed E-state index contributed by atoms with van der Waals surface area (Å²) in [5.41, 5.74) is 1.93. The first-order valence-corrected chi connectivity index (χ1v) is 10.9. The van der Waals surface area contributed by atoms with E-state index in [2.05, 4.69) is 11.9 Å². The maximum absolute atomic E-state index is 13.8. The number of halogens is 7. The van der Waals surface area contributed by atoms with Gasteiger partial charge in [0.2, 0.25) is 5.91 Å². The van der Waals surface area contributed by atoms with Crippen LogP contribution in [0.3, 0.4) is 0 Å². The van der Waals surface area contributed by atoms with Crippen LogP contribution in [0.2, 0.25) is 5.02 Å². The van der Waals surface area contributed by atoms with Gasteiger partial charge in [0.25, 0.3) is 5.91 Å². The van der Waals surface area contributed by atoms with E-state index in [4.69, 9.17) is 11.6 Å². The van der Waals surface area contributed by atoms with Gasteiger partial charge in [0.05, 0.1) is 12.5 Å². The molecule has 0 saturated carbocycles. The number of nitrogens with one attached hydrogen (secondary N) is 2. The number of alkyl halides is 6. The highest BCUT2D eigenvalue weighted by molar-refractivity contribution is 6.31. The number of amides is 2. The van der Waals surface area contributed by atoms with E-state index in [0.29, 0.717) is 16.7 Å². The Labute approximate surface area is 209 Å². The van der Waals surface area contributed by atoms with Gasteiger partial charge in [-0.1, -0.05) is 48.5 Å². The SMILES string of the molecule is C=Cc1cc(/C=C/C(c2cc(C)c(C)c(Cl)c2)C(F)(F)F)ccc1C(=O)NCC(=O)NCC(F)(F)F. The molecule has 0 radical (unpaired) electrons. The standard InChI is InChI=1S/C25H23ClF6N2O2/c1-4-17-10-16(5-7-19(17)23(36)33-12-22(35)34-13-24(27,28)29)6-8-20(25(30,31)32)18-9-14(2)15(3)21(26)11-18/h4-11,20H,1,12-13H2,2-3H3,(H,33,36)(H,34,35)/b8-6+. The van der Waals surface area contributed by atoms with Gasteiger partial charge in [0.1, 0.15) is 6.54 Å². The normalized spacial score (nSPS) is 12.9. The number of rotatable bonds is 8. The molecule has 36 heavy (non-hydrogen) atoms. The second-order valence-corrected chi connectivity index (χ2v) is 8.36.